The van der Waals surface area contributed by atoms with E-state index in [9.17, 15) is 4.79 Å². The van der Waals surface area contributed by atoms with Gasteiger partial charge in [0, 0.05) is 13.1 Å². The summed E-state index contributed by atoms with van der Waals surface area (Å²) in [5.41, 5.74) is 1.98. The van der Waals surface area contributed by atoms with Crippen LogP contribution in [0.15, 0.2) is 27.4 Å². The van der Waals surface area contributed by atoms with Crippen molar-refractivity contribution in [2.45, 2.75) is 26.0 Å². The minimum absolute atomic E-state index is 0.291. The molecule has 22 heavy (non-hydrogen) atoms. The zero-order valence-corrected chi connectivity index (χ0v) is 13.5. The third-order valence-electron chi connectivity index (χ3n) is 3.74. The lowest BCUT2D eigenvalue weighted by molar-refractivity contribution is 0.137. The van der Waals surface area contributed by atoms with Crippen molar-refractivity contribution < 1.29 is 13.7 Å². The smallest absolute Gasteiger partial charge is 0.408 e. The number of benzene rings is 1. The molecular formula is C15H21BN2O4. The molecule has 7 heteroatoms. The van der Waals surface area contributed by atoms with Crippen LogP contribution in [0.5, 0.6) is 0 Å². The molecule has 1 aromatic heterocycles. The van der Waals surface area contributed by atoms with Crippen molar-refractivity contribution in [3.63, 3.8) is 0 Å². The number of fused-ring (bicyclic) bond motifs is 1. The summed E-state index contributed by atoms with van der Waals surface area (Å²) in [6.45, 7) is 5.89. The topological polar surface area (TPSA) is 56.8 Å². The first-order valence-electron chi connectivity index (χ1n) is 7.43. The van der Waals surface area contributed by atoms with Crippen LogP contribution in [-0.2, 0) is 15.9 Å². The first-order chi connectivity index (χ1) is 10.4. The van der Waals surface area contributed by atoms with E-state index in [-0.39, 0.29) is 11.4 Å². The van der Waals surface area contributed by atoms with E-state index < -0.39 is 7.12 Å². The molecule has 0 N–H and O–H groups in total. The fourth-order valence-electron chi connectivity index (χ4n) is 2.54. The molecule has 0 atom stereocenters. The average molecular weight is 304 g/mol. The molecular weight excluding hydrogens is 283 g/mol. The molecule has 1 fully saturated rings. The quantitative estimate of drug-likeness (QED) is 0.777. The van der Waals surface area contributed by atoms with Crippen molar-refractivity contribution in [2.75, 3.05) is 27.2 Å². The van der Waals surface area contributed by atoms with Crippen LogP contribution in [0.3, 0.4) is 0 Å². The van der Waals surface area contributed by atoms with Crippen molar-refractivity contribution in [1.82, 2.24) is 9.47 Å². The van der Waals surface area contributed by atoms with E-state index in [2.05, 4.69) is 0 Å². The predicted molar refractivity (Wildman–Crippen MR) is 85.5 cm³/mol. The highest BCUT2D eigenvalue weighted by molar-refractivity contribution is 6.62. The first-order valence-corrected chi connectivity index (χ1v) is 7.43. The second-order valence-corrected chi connectivity index (χ2v) is 6.57. The summed E-state index contributed by atoms with van der Waals surface area (Å²) in [7, 11) is 3.55. The minimum atomic E-state index is -0.397. The molecule has 0 aliphatic carbocycles. The number of aromatic nitrogens is 1. The summed E-state index contributed by atoms with van der Waals surface area (Å²) in [6.07, 6.45) is 0. The number of rotatable bonds is 4. The molecule has 1 aliphatic rings. The van der Waals surface area contributed by atoms with Crippen LogP contribution in [0.25, 0.3) is 11.1 Å². The highest BCUT2D eigenvalue weighted by Crippen LogP contribution is 2.20. The Morgan fingerprint density at radius 1 is 1.36 bits per heavy atom. The predicted octanol–water partition coefficient (Wildman–Crippen LogP) is 0.677. The summed E-state index contributed by atoms with van der Waals surface area (Å²) < 4.78 is 18.5. The SMILES string of the molecule is CN(C)CCn1c(=O)oc2ccc(B3OCC(C)(C)O3)cc21. The van der Waals surface area contributed by atoms with Gasteiger partial charge in [0.15, 0.2) is 5.58 Å². The maximum Gasteiger partial charge on any atom is 0.494 e. The Morgan fingerprint density at radius 3 is 2.77 bits per heavy atom. The van der Waals surface area contributed by atoms with E-state index in [4.69, 9.17) is 13.7 Å². The van der Waals surface area contributed by atoms with Crippen LogP contribution in [0.4, 0.5) is 0 Å². The number of oxazole rings is 1. The first kappa shape index (κ1) is 15.3. The second kappa shape index (κ2) is 5.57. The van der Waals surface area contributed by atoms with Crippen LogP contribution in [0.1, 0.15) is 13.8 Å². The Kier molecular flexibility index (Phi) is 3.88. The maximum atomic E-state index is 12.0. The van der Waals surface area contributed by atoms with Gasteiger partial charge in [-0.15, -0.1) is 0 Å². The molecule has 0 amide bonds. The van der Waals surface area contributed by atoms with Gasteiger partial charge in [-0.05, 0) is 45.5 Å². The summed E-state index contributed by atoms with van der Waals surface area (Å²) in [6, 6.07) is 5.60. The summed E-state index contributed by atoms with van der Waals surface area (Å²) in [4.78, 5) is 14.0. The second-order valence-electron chi connectivity index (χ2n) is 6.57. The van der Waals surface area contributed by atoms with Crippen molar-refractivity contribution in [3.05, 3.63) is 28.7 Å². The number of hydrogen-bond acceptors (Lipinski definition) is 5. The van der Waals surface area contributed by atoms with Crippen molar-refractivity contribution in [2.24, 2.45) is 0 Å². The van der Waals surface area contributed by atoms with Gasteiger partial charge >= 0.3 is 12.9 Å². The van der Waals surface area contributed by atoms with Crippen molar-refractivity contribution in [3.8, 4) is 0 Å². The van der Waals surface area contributed by atoms with E-state index >= 15 is 0 Å². The van der Waals surface area contributed by atoms with E-state index in [1.54, 1.807) is 10.6 Å². The fraction of sp³-hybridized carbons (Fsp3) is 0.533. The van der Waals surface area contributed by atoms with Gasteiger partial charge in [0.25, 0.3) is 0 Å². The largest absolute Gasteiger partial charge is 0.494 e. The molecule has 1 aromatic carbocycles. The Balaban J connectivity index is 1.94. The van der Waals surface area contributed by atoms with Gasteiger partial charge in [0.1, 0.15) is 0 Å². The van der Waals surface area contributed by atoms with Gasteiger partial charge in [-0.1, -0.05) is 6.07 Å². The van der Waals surface area contributed by atoms with Crippen LogP contribution < -0.4 is 11.2 Å². The number of nitrogens with zero attached hydrogens (tertiary/aromatic N) is 2. The Morgan fingerprint density at radius 2 is 2.14 bits per heavy atom. The molecule has 6 nitrogen and oxygen atoms in total. The lowest BCUT2D eigenvalue weighted by atomic mass is 9.79. The van der Waals surface area contributed by atoms with Gasteiger partial charge in [-0.3, -0.25) is 4.57 Å². The summed E-state index contributed by atoms with van der Waals surface area (Å²) in [5.74, 6) is -0.331. The Hall–Kier alpha value is -1.57. The van der Waals surface area contributed by atoms with Crippen LogP contribution in [0, 0.1) is 0 Å². The zero-order chi connectivity index (χ0) is 15.9. The molecule has 0 spiro atoms. The molecule has 118 valence electrons. The van der Waals surface area contributed by atoms with Crippen molar-refractivity contribution >= 4 is 23.7 Å². The molecule has 2 heterocycles. The van der Waals surface area contributed by atoms with E-state index in [1.807, 2.05) is 45.0 Å². The molecule has 0 bridgehead atoms. The zero-order valence-electron chi connectivity index (χ0n) is 13.5. The van der Waals surface area contributed by atoms with Gasteiger partial charge in [0.05, 0.1) is 17.7 Å². The molecule has 2 aromatic rings. The van der Waals surface area contributed by atoms with Crippen LogP contribution in [0.2, 0.25) is 0 Å². The van der Waals surface area contributed by atoms with E-state index in [0.717, 1.165) is 17.5 Å². The molecule has 3 rings (SSSR count). The van der Waals surface area contributed by atoms with Gasteiger partial charge in [0.2, 0.25) is 0 Å². The summed E-state index contributed by atoms with van der Waals surface area (Å²) in [5, 5.41) is 0. The average Bonchev–Trinajstić information content (AvgIpc) is 2.95. The van der Waals surface area contributed by atoms with Crippen LogP contribution >= 0.6 is 0 Å². The van der Waals surface area contributed by atoms with Crippen molar-refractivity contribution in [1.29, 1.82) is 0 Å². The standard InChI is InChI=1S/C15H21BN2O4/c1-15(2)10-20-16(22-15)11-5-6-13-12(9-11)18(14(19)21-13)8-7-17(3)4/h5-6,9H,7-8,10H2,1-4H3. The Labute approximate surface area is 129 Å². The third kappa shape index (κ3) is 2.97. The van der Waals surface area contributed by atoms with Gasteiger partial charge in [-0.2, -0.15) is 0 Å². The number of likely N-dealkylation sites (N-methyl/N-ethyl adjacent to an activating group) is 1. The molecule has 0 radical (unpaired) electrons. The Bertz CT molecular complexity index is 735. The lowest BCUT2D eigenvalue weighted by Gasteiger charge is -2.15. The van der Waals surface area contributed by atoms with Gasteiger partial charge < -0.3 is 18.6 Å². The summed E-state index contributed by atoms with van der Waals surface area (Å²) >= 11 is 0. The number of hydrogen-bond donors (Lipinski definition) is 0. The third-order valence-corrected chi connectivity index (χ3v) is 3.74. The minimum Gasteiger partial charge on any atom is -0.408 e. The highest BCUT2D eigenvalue weighted by atomic mass is 16.7. The van der Waals surface area contributed by atoms with E-state index in [0.29, 0.717) is 18.7 Å². The monoisotopic (exact) mass is 304 g/mol. The van der Waals surface area contributed by atoms with Crippen LogP contribution in [-0.4, -0.2) is 49.4 Å². The normalized spacial score (nSPS) is 17.8. The maximum absolute atomic E-state index is 12.0. The lowest BCUT2D eigenvalue weighted by Crippen LogP contribution is -2.34. The van der Waals surface area contributed by atoms with Gasteiger partial charge in [-0.25, -0.2) is 4.79 Å². The molecule has 0 saturated carbocycles. The van der Waals surface area contributed by atoms with E-state index in [1.165, 1.54) is 0 Å². The molecule has 1 saturated heterocycles. The highest BCUT2D eigenvalue weighted by Gasteiger charge is 2.38. The molecule has 1 aliphatic heterocycles. The molecule has 0 unspecified atom stereocenters. The fourth-order valence-corrected chi connectivity index (χ4v) is 2.54.